The summed E-state index contributed by atoms with van der Waals surface area (Å²) in [4.78, 5) is 54.6. The zero-order valence-corrected chi connectivity index (χ0v) is 32.5. The van der Waals surface area contributed by atoms with Crippen LogP contribution in [-0.4, -0.2) is 84.1 Å². The van der Waals surface area contributed by atoms with Gasteiger partial charge in [-0.25, -0.2) is 16.8 Å². The van der Waals surface area contributed by atoms with Crippen LogP contribution in [0, 0.1) is 0 Å². The molecule has 0 saturated carbocycles. The fourth-order valence-corrected chi connectivity index (χ4v) is 5.52. The van der Waals surface area contributed by atoms with Crippen LogP contribution >= 0.6 is 0 Å². The first-order valence-corrected chi connectivity index (χ1v) is 17.5. The topological polar surface area (TPSA) is 262 Å². The molecule has 0 bridgehead atoms. The van der Waals surface area contributed by atoms with Crippen LogP contribution in [0.5, 0.6) is 0 Å². The molecule has 252 valence electrons. The van der Waals surface area contributed by atoms with Crippen molar-refractivity contribution in [2.75, 3.05) is 24.6 Å². The Balaban J connectivity index is 0.00000417. The molecule has 0 aliphatic carbocycles. The largest absolute Gasteiger partial charge is 1.00 e. The van der Waals surface area contributed by atoms with Gasteiger partial charge in [0.05, 0.1) is 31.7 Å². The van der Waals surface area contributed by atoms with E-state index in [4.69, 9.17) is 0 Å². The first-order valence-electron chi connectivity index (χ1n) is 14.4. The van der Waals surface area contributed by atoms with Gasteiger partial charge >= 0.3 is 59.1 Å². The maximum absolute atomic E-state index is 12.4. The smallest absolute Gasteiger partial charge is 0.748 e. The van der Waals surface area contributed by atoms with Crippen molar-refractivity contribution in [3.8, 4) is 0 Å². The van der Waals surface area contributed by atoms with Crippen LogP contribution in [0.1, 0.15) is 46.7 Å². The second-order valence-corrected chi connectivity index (χ2v) is 13.7. The normalized spacial score (nSPS) is 15.6. The fraction of sp³-hybridized carbons (Fsp3) is 0.310. The third-order valence-electron chi connectivity index (χ3n) is 6.96. The van der Waals surface area contributed by atoms with Crippen molar-refractivity contribution in [2.45, 2.75) is 32.1 Å². The summed E-state index contributed by atoms with van der Waals surface area (Å²) in [5.74, 6) is -2.91. The van der Waals surface area contributed by atoms with Gasteiger partial charge in [-0.1, -0.05) is 0 Å². The van der Waals surface area contributed by atoms with E-state index in [2.05, 4.69) is 31.2 Å². The Morgan fingerprint density at radius 3 is 1.39 bits per heavy atom. The number of hydrogen-bond acceptors (Lipinski definition) is 10. The van der Waals surface area contributed by atoms with Gasteiger partial charge in [0, 0.05) is 78.7 Å². The van der Waals surface area contributed by atoms with E-state index in [1.807, 2.05) is 0 Å². The van der Waals surface area contributed by atoms with Crippen LogP contribution in [-0.2, 0) is 58.7 Å². The summed E-state index contributed by atoms with van der Waals surface area (Å²) in [6.07, 6.45) is 10.1. The number of aryl methyl sites for hydroxylation is 2. The van der Waals surface area contributed by atoms with Gasteiger partial charge in [-0.3, -0.25) is 19.2 Å². The molecule has 0 spiro atoms. The number of amides is 4. The quantitative estimate of drug-likeness (QED) is 0.0702. The zero-order chi connectivity index (χ0) is 34.2. The molecular weight excluding hydrogens is 702 g/mol. The minimum Gasteiger partial charge on any atom is -0.748 e. The molecule has 2 aromatic heterocycles. The molecule has 0 radical (unpaired) electrons. The number of H-pyrrole nitrogens is 2. The van der Waals surface area contributed by atoms with Crippen molar-refractivity contribution < 1.29 is 104 Å². The molecule has 4 rings (SSSR count). The molecule has 49 heavy (non-hydrogen) atoms. The van der Waals surface area contributed by atoms with E-state index in [1.54, 1.807) is 36.4 Å². The third kappa shape index (κ3) is 14.9. The first kappa shape index (κ1) is 42.4. The molecule has 0 fully saturated rings. The van der Waals surface area contributed by atoms with E-state index in [-0.39, 0.29) is 116 Å². The average Bonchev–Trinajstić information content (AvgIpc) is 3.74. The predicted molar refractivity (Wildman–Crippen MR) is 167 cm³/mol. The molecule has 0 saturated heterocycles. The van der Waals surface area contributed by atoms with E-state index in [1.165, 1.54) is 12.2 Å². The Morgan fingerprint density at radius 2 is 1.06 bits per heavy atom. The summed E-state index contributed by atoms with van der Waals surface area (Å²) in [6.45, 7) is -0.623. The summed E-state index contributed by atoms with van der Waals surface area (Å²) in [7, 11) is -8.96. The van der Waals surface area contributed by atoms with Gasteiger partial charge in [-0.2, -0.15) is 0 Å². The van der Waals surface area contributed by atoms with Crippen LogP contribution in [0.25, 0.3) is 12.2 Å². The zero-order valence-electron chi connectivity index (χ0n) is 26.9. The van der Waals surface area contributed by atoms with E-state index in [0.29, 0.717) is 34.2 Å². The molecule has 6 N–H and O–H groups in total. The Hall–Kier alpha value is -2.78. The van der Waals surface area contributed by atoms with Crippen LogP contribution in [0.3, 0.4) is 0 Å². The minimum atomic E-state index is -4.48. The van der Waals surface area contributed by atoms with Gasteiger partial charge in [0.1, 0.15) is 0 Å². The molecule has 0 aromatic carbocycles. The number of carbonyl (C=O) groups excluding carboxylic acids is 4. The number of rotatable bonds is 16. The number of hydrogen-bond donors (Lipinski definition) is 6. The van der Waals surface area contributed by atoms with Crippen molar-refractivity contribution in [1.82, 2.24) is 31.2 Å². The van der Waals surface area contributed by atoms with Gasteiger partial charge < -0.3 is 40.3 Å². The summed E-state index contributed by atoms with van der Waals surface area (Å²) >= 11 is 0. The predicted octanol–water partition coefficient (Wildman–Crippen LogP) is -6.82. The Labute approximate surface area is 327 Å². The molecule has 4 amide bonds. The second kappa shape index (κ2) is 19.0. The van der Waals surface area contributed by atoms with Crippen molar-refractivity contribution >= 4 is 56.0 Å². The van der Waals surface area contributed by atoms with Crippen molar-refractivity contribution in [2.24, 2.45) is 0 Å². The van der Waals surface area contributed by atoms with Crippen molar-refractivity contribution in [3.05, 3.63) is 81.7 Å². The maximum Gasteiger partial charge on any atom is 1.00 e. The van der Waals surface area contributed by atoms with Crippen LogP contribution in [0.4, 0.5) is 0 Å². The van der Waals surface area contributed by atoms with E-state index in [0.717, 1.165) is 11.1 Å². The molecule has 4 heterocycles. The molecule has 2 aromatic rings. The van der Waals surface area contributed by atoms with Crippen LogP contribution in [0.15, 0.2) is 47.8 Å². The summed E-state index contributed by atoms with van der Waals surface area (Å²) in [6, 6.07) is 3.61. The molecule has 0 atom stereocenters. The van der Waals surface area contributed by atoms with Crippen molar-refractivity contribution in [1.29, 1.82) is 0 Å². The third-order valence-corrected chi connectivity index (χ3v) is 8.36. The van der Waals surface area contributed by atoms with Gasteiger partial charge in [0.15, 0.2) is 0 Å². The first-order chi connectivity index (χ1) is 22.1. The standard InChI is InChI=1S/C29H34N6O10S2.2Na/c36-26(30-9-11-46(40,41)42)5-1-18-13-22(15-20-3-7-28(38)34-20)32-24(18)17-25-19(2-6-27(37)31-10-12-47(43,44)45)14-23(33-25)16-21-4-8-29(39)35-21;;/h3-4,7-8,13-16,32-33H,1-2,5-6,9-12,17H2,(H,30,36)(H,31,37)(H,34,38)(H,35,39)(H,40,41,42)(H,43,44,45);;/q;2*+1/p-2/b20-15-,21-16-;;. The molecule has 20 heteroatoms. The average molecular weight is 735 g/mol. The fourth-order valence-electron chi connectivity index (χ4n) is 4.81. The number of aromatic nitrogens is 2. The molecule has 2 aliphatic heterocycles. The number of carbonyl (C=O) groups is 4. The number of allylic oxidation sites excluding steroid dienone is 2. The molecule has 2 aliphatic rings. The maximum atomic E-state index is 12.4. The van der Waals surface area contributed by atoms with E-state index < -0.39 is 43.6 Å². The van der Waals surface area contributed by atoms with Gasteiger partial charge in [0.2, 0.25) is 23.6 Å². The van der Waals surface area contributed by atoms with Gasteiger partial charge in [-0.15, -0.1) is 0 Å². The Bertz CT molecular complexity index is 1770. The van der Waals surface area contributed by atoms with E-state index in [9.17, 15) is 45.1 Å². The SMILES string of the molecule is O=C1C=C/C(=C/c2cc(CCC(=O)NCCS(=O)(=O)[O-])c(Cc3[nH]c(/C=C4/C=CC(=O)N4)cc3CCC(=O)NCCS(=O)(=O)[O-])[nH]2)N1.[Na+].[Na+]. The van der Waals surface area contributed by atoms with Crippen LogP contribution in [0.2, 0.25) is 0 Å². The molecular formula is C29H32N6Na2O10S2. The second-order valence-electron chi connectivity index (χ2n) is 10.7. The van der Waals surface area contributed by atoms with Gasteiger partial charge in [0.25, 0.3) is 0 Å². The molecule has 16 nitrogen and oxygen atoms in total. The number of aromatic amines is 2. The van der Waals surface area contributed by atoms with Gasteiger partial charge in [-0.05, 0) is 60.4 Å². The monoisotopic (exact) mass is 734 g/mol. The Kier molecular flexibility index (Phi) is 16.4. The summed E-state index contributed by atoms with van der Waals surface area (Å²) in [5.41, 5.74) is 5.20. The number of nitrogens with one attached hydrogen (secondary N) is 6. The minimum absolute atomic E-state index is 0. The summed E-state index contributed by atoms with van der Waals surface area (Å²) in [5, 5.41) is 10.2. The van der Waals surface area contributed by atoms with E-state index >= 15 is 0 Å². The Morgan fingerprint density at radius 1 is 0.673 bits per heavy atom. The molecule has 0 unspecified atom stereocenters. The summed E-state index contributed by atoms with van der Waals surface area (Å²) < 4.78 is 65.1. The van der Waals surface area contributed by atoms with Crippen LogP contribution < -0.4 is 80.4 Å². The van der Waals surface area contributed by atoms with Crippen molar-refractivity contribution in [3.63, 3.8) is 0 Å².